The van der Waals surface area contributed by atoms with E-state index in [0.29, 0.717) is 6.42 Å². The molecule has 0 fully saturated rings. The molecule has 0 aromatic carbocycles. The van der Waals surface area contributed by atoms with Crippen LogP contribution in [0.15, 0.2) is 0 Å². The number of hydrogen-bond acceptors (Lipinski definition) is 5. The molecular weight excluding hydrogens is 436 g/mol. The predicted octanol–water partition coefficient (Wildman–Crippen LogP) is 3.01. The van der Waals surface area contributed by atoms with E-state index in [1.54, 1.807) is 0 Å². The van der Waals surface area contributed by atoms with Crippen molar-refractivity contribution < 1.29 is 44.1 Å². The van der Waals surface area contributed by atoms with Crippen LogP contribution in [-0.4, -0.2) is 23.9 Å². The van der Waals surface area contributed by atoms with Crippen LogP contribution in [0.4, 0.5) is 0 Å². The summed E-state index contributed by atoms with van der Waals surface area (Å²) in [4.78, 5) is 33.1. The summed E-state index contributed by atoms with van der Waals surface area (Å²) in [5.74, 6) is -3.17. The molecule has 0 aliphatic heterocycles. The van der Waals surface area contributed by atoms with Crippen LogP contribution in [0.3, 0.4) is 0 Å². The van der Waals surface area contributed by atoms with Gasteiger partial charge in [0.05, 0.1) is 12.0 Å². The first kappa shape index (κ1) is 31.2. The summed E-state index contributed by atoms with van der Waals surface area (Å²) >= 11 is 0. The third-order valence-electron chi connectivity index (χ3n) is 5.26. The van der Waals surface area contributed by atoms with Crippen molar-refractivity contribution in [3.8, 4) is 0 Å². The van der Waals surface area contributed by atoms with Crippen LogP contribution >= 0.6 is 0 Å². The standard InChI is InChI=1S/C23H43NO5.Zn/c1-2-3-4-5-6-7-8-9-10-11-12-13-14-15-16-17-21(25)24-20(23(28)29)18-19-22(26)27;/h20H,2-19H2,1H3,(H,24,25)(H,26,27)(H,28,29);/p-2/t20-;/m0./s1. The molecule has 0 heterocycles. The normalized spacial score (nSPS) is 11.5. The van der Waals surface area contributed by atoms with Gasteiger partial charge in [0.15, 0.2) is 0 Å². The van der Waals surface area contributed by atoms with Gasteiger partial charge < -0.3 is 25.1 Å². The van der Waals surface area contributed by atoms with Gasteiger partial charge in [-0.05, 0) is 19.3 Å². The van der Waals surface area contributed by atoms with E-state index in [2.05, 4.69) is 12.2 Å². The van der Waals surface area contributed by atoms with Crippen molar-refractivity contribution in [1.82, 2.24) is 5.32 Å². The zero-order chi connectivity index (χ0) is 21.7. The van der Waals surface area contributed by atoms with E-state index in [9.17, 15) is 24.6 Å². The van der Waals surface area contributed by atoms with Crippen LogP contribution in [-0.2, 0) is 33.9 Å². The van der Waals surface area contributed by atoms with Crippen molar-refractivity contribution in [2.24, 2.45) is 0 Å². The molecule has 7 heteroatoms. The van der Waals surface area contributed by atoms with Gasteiger partial charge >= 0.3 is 0 Å². The van der Waals surface area contributed by atoms with Gasteiger partial charge in [-0.1, -0.05) is 96.8 Å². The van der Waals surface area contributed by atoms with Crippen LogP contribution in [0.2, 0.25) is 0 Å². The zero-order valence-corrected chi connectivity index (χ0v) is 22.0. The maximum atomic E-state index is 11.8. The van der Waals surface area contributed by atoms with Crippen molar-refractivity contribution in [2.45, 2.75) is 129 Å². The monoisotopic (exact) mass is 475 g/mol. The molecule has 6 nitrogen and oxygen atoms in total. The van der Waals surface area contributed by atoms with Crippen molar-refractivity contribution in [1.29, 1.82) is 0 Å². The molecule has 0 radical (unpaired) electrons. The summed E-state index contributed by atoms with van der Waals surface area (Å²) in [7, 11) is 0. The van der Waals surface area contributed by atoms with E-state index >= 15 is 0 Å². The molecule has 0 aromatic rings. The number of unbranched alkanes of at least 4 members (excludes halogenated alkanes) is 14. The van der Waals surface area contributed by atoms with E-state index in [0.717, 1.165) is 12.8 Å². The molecule has 1 atom stereocenters. The molecule has 0 spiro atoms. The molecule has 0 bridgehead atoms. The van der Waals surface area contributed by atoms with Gasteiger partial charge in [0.1, 0.15) is 0 Å². The third-order valence-corrected chi connectivity index (χ3v) is 5.26. The number of hydrogen-bond donors (Lipinski definition) is 1. The van der Waals surface area contributed by atoms with Crippen LogP contribution in [0.1, 0.15) is 122 Å². The maximum Gasteiger partial charge on any atom is 0.220 e. The van der Waals surface area contributed by atoms with Crippen LogP contribution in [0, 0.1) is 0 Å². The largest absolute Gasteiger partial charge is 0.550 e. The molecule has 172 valence electrons. The maximum absolute atomic E-state index is 11.8. The second-order valence-corrected chi connectivity index (χ2v) is 8.05. The number of aliphatic carboxylic acids is 2. The number of carbonyl (C=O) groups is 3. The Kier molecular flexibility index (Phi) is 23.6. The average molecular weight is 477 g/mol. The third kappa shape index (κ3) is 21.7. The minimum Gasteiger partial charge on any atom is -0.550 e. The first-order valence-electron chi connectivity index (χ1n) is 11.7. The van der Waals surface area contributed by atoms with E-state index in [4.69, 9.17) is 0 Å². The van der Waals surface area contributed by atoms with Crippen LogP contribution in [0.5, 0.6) is 0 Å². The minimum atomic E-state index is -1.46. The van der Waals surface area contributed by atoms with Gasteiger partial charge in [-0.15, -0.1) is 0 Å². The summed E-state index contributed by atoms with van der Waals surface area (Å²) in [5, 5.41) is 23.7. The summed E-state index contributed by atoms with van der Waals surface area (Å²) < 4.78 is 0. The Morgan fingerprint density at radius 3 is 1.43 bits per heavy atom. The number of amides is 1. The van der Waals surface area contributed by atoms with Gasteiger partial charge in [0.2, 0.25) is 5.91 Å². The molecule has 0 saturated heterocycles. The Hall–Kier alpha value is -0.967. The molecule has 1 amide bonds. The summed E-state index contributed by atoms with van der Waals surface area (Å²) in [6, 6.07) is -1.27. The Morgan fingerprint density at radius 1 is 0.667 bits per heavy atom. The predicted molar refractivity (Wildman–Crippen MR) is 111 cm³/mol. The summed E-state index contributed by atoms with van der Waals surface area (Å²) in [6.45, 7) is 2.25. The molecular formula is C23H41NO5Zn-2. The van der Waals surface area contributed by atoms with Gasteiger partial charge in [0, 0.05) is 31.9 Å². The van der Waals surface area contributed by atoms with Gasteiger partial charge in [0.25, 0.3) is 0 Å². The van der Waals surface area contributed by atoms with E-state index in [-0.39, 0.29) is 38.2 Å². The number of carboxylic acid groups (broad SMARTS) is 2. The summed E-state index contributed by atoms with van der Waals surface area (Å²) in [5.41, 5.74) is 0. The molecule has 0 saturated carbocycles. The topological polar surface area (TPSA) is 109 Å². The molecule has 0 aromatic heterocycles. The Labute approximate surface area is 195 Å². The quantitative estimate of drug-likeness (QED) is 0.202. The van der Waals surface area contributed by atoms with Crippen molar-refractivity contribution >= 4 is 17.8 Å². The van der Waals surface area contributed by atoms with E-state index < -0.39 is 24.4 Å². The minimum absolute atomic E-state index is 0. The zero-order valence-electron chi connectivity index (χ0n) is 19.1. The molecule has 1 N–H and O–H groups in total. The van der Waals surface area contributed by atoms with Crippen molar-refractivity contribution in [3.63, 3.8) is 0 Å². The van der Waals surface area contributed by atoms with E-state index in [1.165, 1.54) is 77.0 Å². The first-order chi connectivity index (χ1) is 14.0. The van der Waals surface area contributed by atoms with Crippen molar-refractivity contribution in [2.75, 3.05) is 0 Å². The Morgan fingerprint density at radius 2 is 1.07 bits per heavy atom. The average Bonchev–Trinajstić information content (AvgIpc) is 2.67. The molecule has 0 aliphatic rings. The first-order valence-corrected chi connectivity index (χ1v) is 11.7. The SMILES string of the molecule is CCCCCCCCCCCCCCCCCC(=O)N[C@@H](CCC(=O)[O-])C(=O)[O-].[Zn]. The fourth-order valence-corrected chi connectivity index (χ4v) is 3.43. The number of carbonyl (C=O) groups excluding carboxylic acids is 3. The second-order valence-electron chi connectivity index (χ2n) is 8.05. The summed E-state index contributed by atoms with van der Waals surface area (Å²) in [6.07, 6.45) is 18.3. The smallest absolute Gasteiger partial charge is 0.220 e. The second kappa shape index (κ2) is 22.7. The van der Waals surface area contributed by atoms with Gasteiger partial charge in [-0.3, -0.25) is 4.79 Å². The number of rotatable bonds is 21. The van der Waals surface area contributed by atoms with Crippen molar-refractivity contribution in [3.05, 3.63) is 0 Å². The Bertz CT molecular complexity index is 445. The Balaban J connectivity index is 0. The molecule has 0 unspecified atom stereocenters. The number of nitrogens with one attached hydrogen (secondary N) is 1. The fourth-order valence-electron chi connectivity index (χ4n) is 3.43. The molecule has 0 rings (SSSR count). The van der Waals surface area contributed by atoms with Crippen LogP contribution in [0.25, 0.3) is 0 Å². The van der Waals surface area contributed by atoms with E-state index in [1.807, 2.05) is 0 Å². The molecule has 0 aliphatic carbocycles. The van der Waals surface area contributed by atoms with Gasteiger partial charge in [-0.2, -0.15) is 0 Å². The number of carboxylic acids is 2. The van der Waals surface area contributed by atoms with Crippen LogP contribution < -0.4 is 15.5 Å². The fraction of sp³-hybridized carbons (Fsp3) is 0.870. The molecule has 30 heavy (non-hydrogen) atoms. The van der Waals surface area contributed by atoms with Gasteiger partial charge in [-0.25, -0.2) is 0 Å².